The summed E-state index contributed by atoms with van der Waals surface area (Å²) in [5, 5.41) is 2.64. The predicted octanol–water partition coefficient (Wildman–Crippen LogP) is 4.60. The van der Waals surface area contributed by atoms with Crippen LogP contribution in [-0.4, -0.2) is 0 Å². The van der Waals surface area contributed by atoms with Gasteiger partial charge in [-0.05, 0) is 29.2 Å². The van der Waals surface area contributed by atoms with Gasteiger partial charge in [0.25, 0.3) is 0 Å². The molecule has 0 aliphatic heterocycles. The fraction of sp³-hybridized carbons (Fsp3) is 0.188. The average Bonchev–Trinajstić information content (AvgIpc) is 2.29. The van der Waals surface area contributed by atoms with Crippen LogP contribution in [-0.2, 0) is 25.9 Å². The van der Waals surface area contributed by atoms with E-state index in [1.165, 1.54) is 16.3 Å². The summed E-state index contributed by atoms with van der Waals surface area (Å²) in [5.74, 6) is 0. The van der Waals surface area contributed by atoms with Crippen LogP contribution in [0.1, 0.15) is 18.4 Å². The van der Waals surface area contributed by atoms with E-state index in [9.17, 15) is 0 Å². The molecule has 0 atom stereocenters. The second-order valence-corrected chi connectivity index (χ2v) is 3.81. The molecule has 84 valence electrons. The summed E-state index contributed by atoms with van der Waals surface area (Å²) in [6, 6.07) is 15.1. The Labute approximate surface area is 118 Å². The van der Waals surface area contributed by atoms with Gasteiger partial charge in [-0.25, -0.2) is 0 Å². The van der Waals surface area contributed by atoms with Crippen molar-refractivity contribution >= 4 is 10.8 Å². The molecule has 0 radical (unpaired) electrons. The third-order valence-electron chi connectivity index (χ3n) is 2.65. The summed E-state index contributed by atoms with van der Waals surface area (Å²) in [7, 11) is 0. The van der Waals surface area contributed by atoms with E-state index in [2.05, 4.69) is 42.5 Å². The molecule has 17 heavy (non-hydrogen) atoms. The molecule has 0 saturated heterocycles. The molecule has 0 N–H and O–H groups in total. The maximum absolute atomic E-state index is 5.36. The summed E-state index contributed by atoms with van der Waals surface area (Å²) < 4.78 is 0. The van der Waals surface area contributed by atoms with Crippen LogP contribution in [0.3, 0.4) is 0 Å². The van der Waals surface area contributed by atoms with Crippen molar-refractivity contribution in [3.63, 3.8) is 0 Å². The SMILES string of the molecule is [CH-]=CCCCc1ccc2ccccc2c1.[CH3-].[Zn+2]. The molecule has 0 saturated carbocycles. The van der Waals surface area contributed by atoms with E-state index in [1.807, 2.05) is 0 Å². The van der Waals surface area contributed by atoms with Gasteiger partial charge < -0.3 is 14.0 Å². The Bertz CT molecular complexity index is 460. The van der Waals surface area contributed by atoms with Crippen molar-refractivity contribution in [2.75, 3.05) is 0 Å². The fourth-order valence-corrected chi connectivity index (χ4v) is 1.82. The van der Waals surface area contributed by atoms with E-state index in [-0.39, 0.29) is 26.9 Å². The van der Waals surface area contributed by atoms with Crippen molar-refractivity contribution < 1.29 is 19.5 Å². The van der Waals surface area contributed by atoms with E-state index in [1.54, 1.807) is 6.08 Å². The predicted molar refractivity (Wildman–Crippen MR) is 72.2 cm³/mol. The molecule has 0 nitrogen and oxygen atoms in total. The molecule has 0 heterocycles. The molecule has 2 aromatic carbocycles. The second-order valence-electron chi connectivity index (χ2n) is 3.81. The van der Waals surface area contributed by atoms with Gasteiger partial charge in [-0.3, -0.25) is 6.08 Å². The molecule has 0 aliphatic carbocycles. The minimum Gasteiger partial charge on any atom is -0.518 e. The van der Waals surface area contributed by atoms with Gasteiger partial charge >= 0.3 is 19.5 Å². The van der Waals surface area contributed by atoms with Gasteiger partial charge in [-0.15, -0.1) is 0 Å². The molecule has 0 spiro atoms. The first-order chi connectivity index (χ1) is 7.40. The Kier molecular flexibility index (Phi) is 7.75. The zero-order valence-electron chi connectivity index (χ0n) is 10.5. The first-order valence-electron chi connectivity index (χ1n) is 5.41. The number of hydrogen-bond acceptors (Lipinski definition) is 0. The molecule has 0 aromatic heterocycles. The monoisotopic (exact) mass is 274 g/mol. The molecule has 0 fully saturated rings. The van der Waals surface area contributed by atoms with Crippen molar-refractivity contribution in [2.24, 2.45) is 0 Å². The Balaban J connectivity index is 0.00000128. The minimum absolute atomic E-state index is 0. The third-order valence-corrected chi connectivity index (χ3v) is 2.65. The van der Waals surface area contributed by atoms with Crippen molar-refractivity contribution in [3.05, 3.63) is 68.1 Å². The number of hydrogen-bond donors (Lipinski definition) is 0. The Morgan fingerprint density at radius 3 is 2.41 bits per heavy atom. The number of allylic oxidation sites excluding steroid dienone is 1. The topological polar surface area (TPSA) is 0 Å². The second kappa shape index (κ2) is 8.20. The van der Waals surface area contributed by atoms with E-state index in [0.717, 1.165) is 19.3 Å². The fourth-order valence-electron chi connectivity index (χ4n) is 1.82. The number of fused-ring (bicyclic) bond motifs is 1. The maximum atomic E-state index is 5.36. The van der Waals surface area contributed by atoms with Crippen molar-refractivity contribution in [2.45, 2.75) is 19.3 Å². The third kappa shape index (κ3) is 4.44. The summed E-state index contributed by atoms with van der Waals surface area (Å²) in [6.45, 7) is 5.36. The van der Waals surface area contributed by atoms with Crippen LogP contribution in [0.25, 0.3) is 10.8 Å². The Hall–Kier alpha value is -0.937. The van der Waals surface area contributed by atoms with E-state index >= 15 is 0 Å². The minimum atomic E-state index is 0. The van der Waals surface area contributed by atoms with Crippen molar-refractivity contribution in [1.29, 1.82) is 0 Å². The van der Waals surface area contributed by atoms with Crippen LogP contribution in [0.4, 0.5) is 0 Å². The van der Waals surface area contributed by atoms with Crippen LogP contribution in [0.15, 0.2) is 48.5 Å². The smallest absolute Gasteiger partial charge is 0.518 e. The first-order valence-corrected chi connectivity index (χ1v) is 5.41. The van der Waals surface area contributed by atoms with Gasteiger partial charge in [0.05, 0.1) is 0 Å². The molecule has 0 aliphatic rings. The molecule has 1 heteroatoms. The number of benzene rings is 2. The van der Waals surface area contributed by atoms with E-state index in [0.29, 0.717) is 0 Å². The van der Waals surface area contributed by atoms with Crippen LogP contribution in [0, 0.1) is 14.0 Å². The zero-order chi connectivity index (χ0) is 10.5. The number of rotatable bonds is 4. The van der Waals surface area contributed by atoms with Gasteiger partial charge in [-0.1, -0.05) is 48.9 Å². The summed E-state index contributed by atoms with van der Waals surface area (Å²) in [5.41, 5.74) is 1.40. The number of aryl methyl sites for hydroxylation is 1. The van der Waals surface area contributed by atoms with Gasteiger partial charge in [0.1, 0.15) is 0 Å². The molecule has 2 aromatic rings. The summed E-state index contributed by atoms with van der Waals surface area (Å²) in [4.78, 5) is 0. The van der Waals surface area contributed by atoms with E-state index < -0.39 is 0 Å². The average molecular weight is 276 g/mol. The van der Waals surface area contributed by atoms with Crippen LogP contribution >= 0.6 is 0 Å². The van der Waals surface area contributed by atoms with Crippen molar-refractivity contribution in [3.8, 4) is 0 Å². The normalized spacial score (nSPS) is 9.18. The standard InChI is InChI=1S/C15H15.CH3.Zn/c1-2-3-4-7-13-10-11-14-8-5-6-9-15(14)12-13;;/h1-2,5-6,8-12H,3-4,7H2;1H3;/q2*-1;+2. The van der Waals surface area contributed by atoms with Gasteiger partial charge in [-0.2, -0.15) is 0 Å². The van der Waals surface area contributed by atoms with Gasteiger partial charge in [0.15, 0.2) is 0 Å². The number of unbranched alkanes of at least 4 members (excludes halogenated alkanes) is 1. The Morgan fingerprint density at radius 2 is 1.71 bits per heavy atom. The van der Waals surface area contributed by atoms with Crippen LogP contribution in [0.5, 0.6) is 0 Å². The molecular formula is C16H18Zn. The van der Waals surface area contributed by atoms with Gasteiger partial charge in [0.2, 0.25) is 0 Å². The van der Waals surface area contributed by atoms with Gasteiger partial charge in [0, 0.05) is 0 Å². The quantitative estimate of drug-likeness (QED) is 0.435. The molecular weight excluding hydrogens is 258 g/mol. The maximum Gasteiger partial charge on any atom is 2.00 e. The first kappa shape index (κ1) is 16.1. The molecule has 0 amide bonds. The molecule has 0 bridgehead atoms. The van der Waals surface area contributed by atoms with E-state index in [4.69, 9.17) is 6.58 Å². The summed E-state index contributed by atoms with van der Waals surface area (Å²) in [6.07, 6.45) is 4.97. The van der Waals surface area contributed by atoms with Crippen LogP contribution < -0.4 is 0 Å². The molecule has 2 rings (SSSR count). The Morgan fingerprint density at radius 1 is 1.00 bits per heavy atom. The largest absolute Gasteiger partial charge is 2.00 e. The zero-order valence-corrected chi connectivity index (χ0v) is 13.5. The molecule has 0 unspecified atom stereocenters. The van der Waals surface area contributed by atoms with Crippen LogP contribution in [0.2, 0.25) is 0 Å². The summed E-state index contributed by atoms with van der Waals surface area (Å²) >= 11 is 0. The van der Waals surface area contributed by atoms with Crippen molar-refractivity contribution in [1.82, 2.24) is 0 Å².